The van der Waals surface area contributed by atoms with Gasteiger partial charge in [-0.1, -0.05) is 44.2 Å². The number of halogens is 1. The summed E-state index contributed by atoms with van der Waals surface area (Å²) in [5.74, 6) is 0.291. The standard InChI is InChI=1S/C18H25FN2O/c1-18(2,15-10-6-7-11-16(15)19)13-21-17(22)20-12-14-8-4-3-5-9-14/h3-4,6-7,10-11,14H,5,8-9,12-13H2,1-2H3,(H2,20,21,22). The van der Waals surface area contributed by atoms with Gasteiger partial charge in [0.1, 0.15) is 5.82 Å². The van der Waals surface area contributed by atoms with Gasteiger partial charge in [0.05, 0.1) is 0 Å². The van der Waals surface area contributed by atoms with E-state index >= 15 is 0 Å². The Balaban J connectivity index is 1.80. The fourth-order valence-corrected chi connectivity index (χ4v) is 2.75. The molecule has 22 heavy (non-hydrogen) atoms. The Hall–Kier alpha value is -1.84. The first-order valence-electron chi connectivity index (χ1n) is 7.91. The highest BCUT2D eigenvalue weighted by Crippen LogP contribution is 2.24. The smallest absolute Gasteiger partial charge is 0.314 e. The first kappa shape index (κ1) is 16.5. The second kappa shape index (κ2) is 7.43. The van der Waals surface area contributed by atoms with Gasteiger partial charge >= 0.3 is 6.03 Å². The maximum Gasteiger partial charge on any atom is 0.314 e. The molecule has 0 radical (unpaired) electrons. The third-order valence-corrected chi connectivity index (χ3v) is 4.22. The van der Waals surface area contributed by atoms with Crippen LogP contribution in [0, 0.1) is 11.7 Å². The van der Waals surface area contributed by atoms with Crippen LogP contribution in [-0.4, -0.2) is 19.1 Å². The van der Waals surface area contributed by atoms with E-state index in [0.29, 0.717) is 24.6 Å². The van der Waals surface area contributed by atoms with E-state index in [1.807, 2.05) is 19.9 Å². The summed E-state index contributed by atoms with van der Waals surface area (Å²) in [6, 6.07) is 6.53. The predicted octanol–water partition coefficient (Wildman–Crippen LogP) is 3.76. The molecule has 0 spiro atoms. The minimum atomic E-state index is -0.448. The Kier molecular flexibility index (Phi) is 5.58. The molecule has 1 unspecified atom stereocenters. The first-order valence-corrected chi connectivity index (χ1v) is 7.91. The molecule has 2 amide bonds. The number of allylic oxidation sites excluding steroid dienone is 2. The van der Waals surface area contributed by atoms with Crippen molar-refractivity contribution in [1.29, 1.82) is 0 Å². The lowest BCUT2D eigenvalue weighted by atomic mass is 9.84. The van der Waals surface area contributed by atoms with Gasteiger partial charge in [0.25, 0.3) is 0 Å². The summed E-state index contributed by atoms with van der Waals surface area (Å²) in [6.07, 6.45) is 7.61. The van der Waals surface area contributed by atoms with E-state index in [1.54, 1.807) is 12.1 Å². The van der Waals surface area contributed by atoms with Crippen LogP contribution in [0.4, 0.5) is 9.18 Å². The molecule has 1 aliphatic carbocycles. The summed E-state index contributed by atoms with van der Waals surface area (Å²) in [5.41, 5.74) is 0.170. The van der Waals surface area contributed by atoms with Gasteiger partial charge in [-0.05, 0) is 36.8 Å². The average Bonchev–Trinajstić information content (AvgIpc) is 2.52. The number of carbonyl (C=O) groups is 1. The van der Waals surface area contributed by atoms with Gasteiger partial charge in [0.15, 0.2) is 0 Å². The number of nitrogens with one attached hydrogen (secondary N) is 2. The molecule has 1 atom stereocenters. The number of amides is 2. The summed E-state index contributed by atoms with van der Waals surface area (Å²) >= 11 is 0. The number of benzene rings is 1. The molecule has 0 fully saturated rings. The zero-order valence-electron chi connectivity index (χ0n) is 13.4. The van der Waals surface area contributed by atoms with Crippen molar-refractivity contribution in [3.63, 3.8) is 0 Å². The van der Waals surface area contributed by atoms with Gasteiger partial charge < -0.3 is 10.6 Å². The molecule has 3 nitrogen and oxygen atoms in total. The predicted molar refractivity (Wildman–Crippen MR) is 87.3 cm³/mol. The van der Waals surface area contributed by atoms with E-state index in [1.165, 1.54) is 6.07 Å². The molecule has 1 aliphatic rings. The van der Waals surface area contributed by atoms with Gasteiger partial charge in [-0.3, -0.25) is 0 Å². The van der Waals surface area contributed by atoms with Crippen LogP contribution in [0.3, 0.4) is 0 Å². The summed E-state index contributed by atoms with van der Waals surface area (Å²) in [6.45, 7) is 4.94. The lowest BCUT2D eigenvalue weighted by Crippen LogP contribution is -2.44. The number of hydrogen-bond acceptors (Lipinski definition) is 1. The van der Waals surface area contributed by atoms with E-state index in [9.17, 15) is 9.18 Å². The highest BCUT2D eigenvalue weighted by atomic mass is 19.1. The van der Waals surface area contributed by atoms with E-state index < -0.39 is 5.41 Å². The lowest BCUT2D eigenvalue weighted by molar-refractivity contribution is 0.235. The van der Waals surface area contributed by atoms with Crippen LogP contribution in [0.2, 0.25) is 0 Å². The summed E-state index contributed by atoms with van der Waals surface area (Å²) < 4.78 is 13.9. The third-order valence-electron chi connectivity index (χ3n) is 4.22. The molecule has 0 heterocycles. The normalized spacial score (nSPS) is 18.0. The van der Waals surface area contributed by atoms with Crippen LogP contribution in [0.1, 0.15) is 38.7 Å². The molecule has 0 saturated carbocycles. The van der Waals surface area contributed by atoms with Crippen molar-refractivity contribution in [3.05, 3.63) is 47.8 Å². The highest BCUT2D eigenvalue weighted by molar-refractivity contribution is 5.73. The number of carbonyl (C=O) groups excluding carboxylic acids is 1. The second-order valence-corrected chi connectivity index (χ2v) is 6.58. The average molecular weight is 304 g/mol. The van der Waals surface area contributed by atoms with E-state index in [2.05, 4.69) is 22.8 Å². The van der Waals surface area contributed by atoms with Crippen LogP contribution in [-0.2, 0) is 5.41 Å². The summed E-state index contributed by atoms with van der Waals surface area (Å²) in [7, 11) is 0. The fourth-order valence-electron chi connectivity index (χ4n) is 2.75. The van der Waals surface area contributed by atoms with Crippen LogP contribution < -0.4 is 10.6 Å². The van der Waals surface area contributed by atoms with Crippen molar-refractivity contribution in [2.24, 2.45) is 5.92 Å². The van der Waals surface area contributed by atoms with E-state index in [-0.39, 0.29) is 11.8 Å². The van der Waals surface area contributed by atoms with Crippen molar-refractivity contribution >= 4 is 6.03 Å². The molecule has 4 heteroatoms. The van der Waals surface area contributed by atoms with Gasteiger partial charge in [-0.25, -0.2) is 9.18 Å². The van der Waals surface area contributed by atoms with Crippen LogP contribution in [0.25, 0.3) is 0 Å². The molecule has 1 aromatic rings. The van der Waals surface area contributed by atoms with Crippen LogP contribution in [0.5, 0.6) is 0 Å². The molecule has 120 valence electrons. The fraction of sp³-hybridized carbons (Fsp3) is 0.500. The zero-order chi connectivity index (χ0) is 16.0. The molecule has 0 saturated heterocycles. The van der Waals surface area contributed by atoms with Crippen LogP contribution >= 0.6 is 0 Å². The lowest BCUT2D eigenvalue weighted by Gasteiger charge is -2.26. The molecule has 0 aliphatic heterocycles. The monoisotopic (exact) mass is 304 g/mol. The summed E-state index contributed by atoms with van der Waals surface area (Å²) in [4.78, 5) is 11.9. The van der Waals surface area contributed by atoms with Crippen molar-refractivity contribution in [2.45, 2.75) is 38.5 Å². The molecule has 0 bridgehead atoms. The quantitative estimate of drug-likeness (QED) is 0.799. The zero-order valence-corrected chi connectivity index (χ0v) is 13.4. The highest BCUT2D eigenvalue weighted by Gasteiger charge is 2.24. The van der Waals surface area contributed by atoms with Crippen molar-refractivity contribution in [1.82, 2.24) is 10.6 Å². The van der Waals surface area contributed by atoms with E-state index in [4.69, 9.17) is 0 Å². The van der Waals surface area contributed by atoms with Crippen molar-refractivity contribution in [3.8, 4) is 0 Å². The Morgan fingerprint density at radius 2 is 2.05 bits per heavy atom. The molecule has 1 aromatic carbocycles. The number of rotatable bonds is 5. The van der Waals surface area contributed by atoms with Gasteiger partial charge in [-0.15, -0.1) is 0 Å². The SMILES string of the molecule is CC(C)(CNC(=O)NCC1CC=CCC1)c1ccccc1F. The Morgan fingerprint density at radius 3 is 2.73 bits per heavy atom. The minimum absolute atomic E-state index is 0.182. The molecule has 0 aromatic heterocycles. The maximum atomic E-state index is 13.9. The van der Waals surface area contributed by atoms with E-state index in [0.717, 1.165) is 19.3 Å². The van der Waals surface area contributed by atoms with Crippen molar-refractivity contribution < 1.29 is 9.18 Å². The Labute approximate surface area is 132 Å². The largest absolute Gasteiger partial charge is 0.338 e. The minimum Gasteiger partial charge on any atom is -0.338 e. The molecular weight excluding hydrogens is 279 g/mol. The Morgan fingerprint density at radius 1 is 1.27 bits per heavy atom. The first-order chi connectivity index (χ1) is 10.5. The maximum absolute atomic E-state index is 13.9. The number of hydrogen-bond donors (Lipinski definition) is 2. The second-order valence-electron chi connectivity index (χ2n) is 6.58. The Bertz CT molecular complexity index is 540. The van der Waals surface area contributed by atoms with Crippen LogP contribution in [0.15, 0.2) is 36.4 Å². The van der Waals surface area contributed by atoms with Gasteiger partial charge in [-0.2, -0.15) is 0 Å². The number of urea groups is 1. The summed E-state index contributed by atoms with van der Waals surface area (Å²) in [5, 5.41) is 5.77. The topological polar surface area (TPSA) is 41.1 Å². The molecule has 2 rings (SSSR count). The van der Waals surface area contributed by atoms with Gasteiger partial charge in [0.2, 0.25) is 0 Å². The van der Waals surface area contributed by atoms with Gasteiger partial charge in [0, 0.05) is 18.5 Å². The third kappa shape index (κ3) is 4.58. The molecule has 2 N–H and O–H groups in total. The molecular formula is C18H25FN2O. The van der Waals surface area contributed by atoms with Crippen molar-refractivity contribution in [2.75, 3.05) is 13.1 Å².